The number of carbonyl (C=O) groups excluding carboxylic acids is 2. The van der Waals surface area contributed by atoms with E-state index < -0.39 is 23.5 Å². The van der Waals surface area contributed by atoms with Crippen LogP contribution < -0.4 is 4.74 Å². The maximum atomic E-state index is 13.3. The highest BCUT2D eigenvalue weighted by atomic mass is 19.1. The second kappa shape index (κ2) is 9.57. The van der Waals surface area contributed by atoms with Crippen LogP contribution in [0.15, 0.2) is 66.8 Å². The van der Waals surface area contributed by atoms with Gasteiger partial charge in [0.15, 0.2) is 0 Å². The number of hydrogen-bond donors (Lipinski definition) is 1. The minimum atomic E-state index is -0.766. The highest BCUT2D eigenvalue weighted by molar-refractivity contribution is 6.46. The SMILES string of the molecule is C=CCOc1ccc([C@@H]2C(=C(O)c3ccc(F)cc3)C(=O)C(=O)N2CCN(C)C)cc1. The predicted molar refractivity (Wildman–Crippen MR) is 116 cm³/mol. The summed E-state index contributed by atoms with van der Waals surface area (Å²) in [7, 11) is 3.74. The van der Waals surface area contributed by atoms with E-state index in [1.54, 1.807) is 30.3 Å². The van der Waals surface area contributed by atoms with E-state index in [4.69, 9.17) is 4.74 Å². The first-order chi connectivity index (χ1) is 14.8. The van der Waals surface area contributed by atoms with Crippen molar-refractivity contribution < 1.29 is 23.8 Å². The summed E-state index contributed by atoms with van der Waals surface area (Å²) in [5.74, 6) is -1.62. The lowest BCUT2D eigenvalue weighted by Crippen LogP contribution is -2.35. The zero-order valence-corrected chi connectivity index (χ0v) is 17.5. The fourth-order valence-electron chi connectivity index (χ4n) is 3.43. The molecule has 2 aromatic carbocycles. The molecule has 0 saturated carbocycles. The van der Waals surface area contributed by atoms with E-state index in [0.29, 0.717) is 31.0 Å². The van der Waals surface area contributed by atoms with Crippen molar-refractivity contribution in [2.45, 2.75) is 6.04 Å². The summed E-state index contributed by atoms with van der Waals surface area (Å²) in [6.45, 7) is 4.81. The van der Waals surface area contributed by atoms with E-state index in [2.05, 4.69) is 6.58 Å². The first-order valence-electron chi connectivity index (χ1n) is 9.86. The molecule has 1 saturated heterocycles. The lowest BCUT2D eigenvalue weighted by atomic mass is 9.95. The fourth-order valence-corrected chi connectivity index (χ4v) is 3.43. The number of likely N-dealkylation sites (tertiary alicyclic amines) is 1. The summed E-state index contributed by atoms with van der Waals surface area (Å²) in [5, 5.41) is 10.9. The van der Waals surface area contributed by atoms with E-state index in [1.165, 1.54) is 29.2 Å². The molecule has 0 aromatic heterocycles. The topological polar surface area (TPSA) is 70.1 Å². The molecule has 1 atom stereocenters. The molecule has 31 heavy (non-hydrogen) atoms. The number of rotatable bonds is 8. The van der Waals surface area contributed by atoms with E-state index in [-0.39, 0.29) is 16.9 Å². The molecule has 0 aliphatic carbocycles. The van der Waals surface area contributed by atoms with Gasteiger partial charge in [-0.2, -0.15) is 0 Å². The van der Waals surface area contributed by atoms with Crippen LogP contribution in [0.25, 0.3) is 5.76 Å². The van der Waals surface area contributed by atoms with Gasteiger partial charge in [-0.3, -0.25) is 9.59 Å². The van der Waals surface area contributed by atoms with Crippen LogP contribution in [-0.2, 0) is 9.59 Å². The zero-order valence-electron chi connectivity index (χ0n) is 17.5. The van der Waals surface area contributed by atoms with E-state index in [9.17, 15) is 19.1 Å². The molecule has 1 heterocycles. The second-order valence-corrected chi connectivity index (χ2v) is 7.47. The van der Waals surface area contributed by atoms with Crippen molar-refractivity contribution in [1.82, 2.24) is 9.80 Å². The van der Waals surface area contributed by atoms with Gasteiger partial charge in [0.25, 0.3) is 11.7 Å². The number of aliphatic hydroxyl groups is 1. The molecule has 1 aliphatic rings. The lowest BCUT2D eigenvalue weighted by molar-refractivity contribution is -0.140. The maximum Gasteiger partial charge on any atom is 0.295 e. The third-order valence-electron chi connectivity index (χ3n) is 5.01. The fraction of sp³-hybridized carbons (Fsp3) is 0.250. The van der Waals surface area contributed by atoms with Gasteiger partial charge in [0.05, 0.1) is 11.6 Å². The second-order valence-electron chi connectivity index (χ2n) is 7.47. The molecule has 1 amide bonds. The summed E-state index contributed by atoms with van der Waals surface area (Å²) in [4.78, 5) is 29.1. The number of ether oxygens (including phenoxy) is 1. The molecule has 0 unspecified atom stereocenters. The molecule has 2 aromatic rings. The standard InChI is InChI=1S/C24H25FN2O4/c1-4-15-31-19-11-7-16(8-12-19)21-20(22(28)17-5-9-18(25)10-6-17)23(29)24(30)27(21)14-13-26(2)3/h4-12,21,28H,1,13-15H2,2-3H3/t21-/m1/s1. The minimum Gasteiger partial charge on any atom is -0.507 e. The van der Waals surface area contributed by atoms with Gasteiger partial charge in [0.1, 0.15) is 23.9 Å². The molecule has 6 nitrogen and oxygen atoms in total. The predicted octanol–water partition coefficient (Wildman–Crippen LogP) is 3.37. The molecule has 7 heteroatoms. The van der Waals surface area contributed by atoms with Gasteiger partial charge < -0.3 is 19.6 Å². The molecule has 3 rings (SSSR count). The number of ketones is 1. The number of likely N-dealkylation sites (N-methyl/N-ethyl adjacent to an activating group) is 1. The summed E-state index contributed by atoms with van der Waals surface area (Å²) < 4.78 is 18.8. The van der Waals surface area contributed by atoms with Crippen LogP contribution in [-0.4, -0.2) is 60.4 Å². The zero-order chi connectivity index (χ0) is 22.5. The number of halogens is 1. The first kappa shape index (κ1) is 22.2. The molecular weight excluding hydrogens is 399 g/mol. The van der Waals surface area contributed by atoms with Crippen molar-refractivity contribution in [1.29, 1.82) is 0 Å². The Morgan fingerprint density at radius 3 is 2.39 bits per heavy atom. The maximum absolute atomic E-state index is 13.3. The van der Waals surface area contributed by atoms with Gasteiger partial charge in [-0.05, 0) is 56.1 Å². The number of amides is 1. The van der Waals surface area contributed by atoms with Crippen molar-refractivity contribution in [2.24, 2.45) is 0 Å². The van der Waals surface area contributed by atoms with Crippen molar-refractivity contribution in [3.63, 3.8) is 0 Å². The van der Waals surface area contributed by atoms with Crippen molar-refractivity contribution in [2.75, 3.05) is 33.8 Å². The average Bonchev–Trinajstić information content (AvgIpc) is 3.01. The van der Waals surface area contributed by atoms with Crippen LogP contribution in [0.4, 0.5) is 4.39 Å². The van der Waals surface area contributed by atoms with Crippen LogP contribution >= 0.6 is 0 Å². The Bertz CT molecular complexity index is 997. The number of nitrogens with zero attached hydrogens (tertiary/aromatic N) is 2. The van der Waals surface area contributed by atoms with Gasteiger partial charge in [0, 0.05) is 18.7 Å². The van der Waals surface area contributed by atoms with Crippen molar-refractivity contribution in [3.05, 3.63) is 83.7 Å². The highest BCUT2D eigenvalue weighted by Gasteiger charge is 2.45. The van der Waals surface area contributed by atoms with E-state index >= 15 is 0 Å². The molecular formula is C24H25FN2O4. The van der Waals surface area contributed by atoms with Gasteiger partial charge in [0.2, 0.25) is 0 Å². The third kappa shape index (κ3) is 4.83. The Morgan fingerprint density at radius 2 is 1.81 bits per heavy atom. The Labute approximate surface area is 180 Å². The van der Waals surface area contributed by atoms with E-state index in [0.717, 1.165) is 0 Å². The number of carbonyl (C=O) groups is 2. The van der Waals surface area contributed by atoms with Crippen LogP contribution in [0.5, 0.6) is 5.75 Å². The van der Waals surface area contributed by atoms with Gasteiger partial charge in [-0.25, -0.2) is 4.39 Å². The summed E-state index contributed by atoms with van der Waals surface area (Å²) >= 11 is 0. The molecule has 0 spiro atoms. The Kier molecular flexibility index (Phi) is 6.87. The summed E-state index contributed by atoms with van der Waals surface area (Å²) in [6, 6.07) is 11.4. The van der Waals surface area contributed by atoms with Gasteiger partial charge >= 0.3 is 0 Å². The monoisotopic (exact) mass is 424 g/mol. The van der Waals surface area contributed by atoms with Gasteiger partial charge in [-0.15, -0.1) is 0 Å². The van der Waals surface area contributed by atoms with E-state index in [1.807, 2.05) is 19.0 Å². The number of aliphatic hydroxyl groups excluding tert-OH is 1. The smallest absolute Gasteiger partial charge is 0.295 e. The van der Waals surface area contributed by atoms with Crippen molar-refractivity contribution in [3.8, 4) is 5.75 Å². The molecule has 1 N–H and O–H groups in total. The average molecular weight is 424 g/mol. The number of hydrogen-bond acceptors (Lipinski definition) is 5. The molecule has 1 aliphatic heterocycles. The lowest BCUT2D eigenvalue weighted by Gasteiger charge is -2.26. The third-order valence-corrected chi connectivity index (χ3v) is 5.01. The number of benzene rings is 2. The summed E-state index contributed by atoms with van der Waals surface area (Å²) in [6.07, 6.45) is 1.63. The normalized spacial score (nSPS) is 17.9. The van der Waals surface area contributed by atoms with Crippen LogP contribution in [0.2, 0.25) is 0 Å². The summed E-state index contributed by atoms with van der Waals surface area (Å²) in [5.41, 5.74) is 0.908. The first-order valence-corrected chi connectivity index (χ1v) is 9.86. The van der Waals surface area contributed by atoms with Crippen molar-refractivity contribution >= 4 is 17.4 Å². The number of Topliss-reactive ketones (excluding diaryl/α,β-unsaturated/α-hetero) is 1. The van der Waals surface area contributed by atoms with Crippen LogP contribution in [0.3, 0.4) is 0 Å². The molecule has 162 valence electrons. The highest BCUT2D eigenvalue weighted by Crippen LogP contribution is 2.39. The Hall–Kier alpha value is -3.45. The largest absolute Gasteiger partial charge is 0.507 e. The van der Waals surface area contributed by atoms with Gasteiger partial charge in [-0.1, -0.05) is 24.8 Å². The minimum absolute atomic E-state index is 0.0184. The molecule has 1 fully saturated rings. The Balaban J connectivity index is 2.07. The van der Waals surface area contributed by atoms with Crippen LogP contribution in [0, 0.1) is 5.82 Å². The molecule has 0 radical (unpaired) electrons. The van der Waals surface area contributed by atoms with Crippen LogP contribution in [0.1, 0.15) is 17.2 Å². The Morgan fingerprint density at radius 1 is 1.16 bits per heavy atom. The molecule has 0 bridgehead atoms. The quantitative estimate of drug-likeness (QED) is 0.305.